The van der Waals surface area contributed by atoms with E-state index in [2.05, 4.69) is 37.0 Å². The number of aliphatic hydroxyl groups excluding tert-OH is 1. The van der Waals surface area contributed by atoms with Gasteiger partial charge >= 0.3 is 5.92 Å². The van der Waals surface area contributed by atoms with E-state index in [0.717, 1.165) is 43.4 Å². The summed E-state index contributed by atoms with van der Waals surface area (Å²) in [5.74, 6) is -2.93. The number of amides is 1. The maximum absolute atomic E-state index is 14.9. The van der Waals surface area contributed by atoms with E-state index in [0.29, 0.717) is 35.0 Å². The van der Waals surface area contributed by atoms with Gasteiger partial charge in [0.1, 0.15) is 29.4 Å². The molecule has 0 aliphatic carbocycles. The van der Waals surface area contributed by atoms with Crippen molar-refractivity contribution >= 4 is 23.4 Å². The van der Waals surface area contributed by atoms with Crippen LogP contribution in [-0.4, -0.2) is 119 Å². The number of alkyl halides is 2. The first kappa shape index (κ1) is 33.3. The molecule has 3 saturated heterocycles. The molecule has 3 aliphatic rings. The highest BCUT2D eigenvalue weighted by Crippen LogP contribution is 2.35. The second kappa shape index (κ2) is 13.8. The largest absolute Gasteiger partial charge is 0.483 e. The normalized spacial score (nSPS) is 21.9. The lowest BCUT2D eigenvalue weighted by Crippen LogP contribution is -2.60. The van der Waals surface area contributed by atoms with Crippen LogP contribution < -0.4 is 19.7 Å². The minimum Gasteiger partial charge on any atom is -0.483 e. The van der Waals surface area contributed by atoms with Crippen molar-refractivity contribution in [2.24, 2.45) is 0 Å². The Balaban J connectivity index is 1.13. The Morgan fingerprint density at radius 3 is 2.67 bits per heavy atom. The smallest absolute Gasteiger partial charge is 0.301 e. The van der Waals surface area contributed by atoms with Gasteiger partial charge in [0.15, 0.2) is 6.10 Å². The summed E-state index contributed by atoms with van der Waals surface area (Å²) in [7, 11) is 1.58. The van der Waals surface area contributed by atoms with Gasteiger partial charge in [0, 0.05) is 50.4 Å². The summed E-state index contributed by atoms with van der Waals surface area (Å²) >= 11 is 0. The number of benzene rings is 1. The first-order valence-electron chi connectivity index (χ1n) is 15.9. The molecule has 0 spiro atoms. The number of hydrogen-bond acceptors (Lipinski definition) is 12. The molecule has 254 valence electrons. The van der Waals surface area contributed by atoms with Crippen LogP contribution in [-0.2, 0) is 9.53 Å². The topological polar surface area (TPSA) is 149 Å². The third-order valence-corrected chi connectivity index (χ3v) is 8.91. The summed E-state index contributed by atoms with van der Waals surface area (Å²) in [6, 6.07) is 12.9. The zero-order chi connectivity index (χ0) is 34.0. The van der Waals surface area contributed by atoms with Crippen molar-refractivity contribution in [3.05, 3.63) is 48.2 Å². The van der Waals surface area contributed by atoms with Crippen molar-refractivity contribution < 1.29 is 32.9 Å². The number of halogens is 2. The maximum Gasteiger partial charge on any atom is 0.301 e. The standard InChI is InChI=1S/C33H38F2N8O5/c1-20-16-41(12-13-43(20)24-17-47-18-24)26-5-7-29(39-30(26)46-3)40-32-37-10-8-25(38-32)22-4-6-27(23(14-22)15-36)48-28-9-11-42(19-33(28,34)35)31(45)21(2)44/h4-8,10,14,20-21,24,28,44H,9,11-13,16-19H2,1-3H3,(H,37,38,39,40)/t20-,21-,28?/m1/s1. The lowest BCUT2D eigenvalue weighted by Gasteiger charge is -2.47. The molecular formula is C33H38F2N8O5. The van der Waals surface area contributed by atoms with E-state index in [4.69, 9.17) is 14.2 Å². The minimum absolute atomic E-state index is 0.00196. The minimum atomic E-state index is -3.38. The van der Waals surface area contributed by atoms with Crippen LogP contribution >= 0.6 is 0 Å². The van der Waals surface area contributed by atoms with Crippen molar-refractivity contribution in [3.8, 4) is 29.0 Å². The molecule has 3 fully saturated rings. The summed E-state index contributed by atoms with van der Waals surface area (Å²) < 4.78 is 46.5. The molecule has 1 unspecified atom stereocenters. The second-order valence-electron chi connectivity index (χ2n) is 12.3. The molecule has 15 heteroatoms. The Labute approximate surface area is 277 Å². The van der Waals surface area contributed by atoms with Crippen LogP contribution in [0.2, 0.25) is 0 Å². The molecule has 48 heavy (non-hydrogen) atoms. The van der Waals surface area contributed by atoms with Gasteiger partial charge in [-0.2, -0.15) is 10.2 Å². The van der Waals surface area contributed by atoms with Gasteiger partial charge in [0.25, 0.3) is 5.91 Å². The van der Waals surface area contributed by atoms with Gasteiger partial charge in [-0.1, -0.05) is 0 Å². The molecule has 13 nitrogen and oxygen atoms in total. The maximum atomic E-state index is 14.9. The number of pyridine rings is 1. The van der Waals surface area contributed by atoms with Gasteiger partial charge in [-0.25, -0.2) is 18.7 Å². The Morgan fingerprint density at radius 1 is 1.19 bits per heavy atom. The third kappa shape index (κ3) is 6.96. The second-order valence-corrected chi connectivity index (χ2v) is 12.3. The number of anilines is 3. The highest BCUT2D eigenvalue weighted by molar-refractivity contribution is 5.80. The van der Waals surface area contributed by atoms with Crippen LogP contribution in [0.25, 0.3) is 11.3 Å². The predicted octanol–water partition coefficient (Wildman–Crippen LogP) is 3.07. The van der Waals surface area contributed by atoms with Crippen molar-refractivity contribution in [2.75, 3.05) is 63.3 Å². The molecule has 3 atom stereocenters. The van der Waals surface area contributed by atoms with Crippen molar-refractivity contribution in [3.63, 3.8) is 0 Å². The van der Waals surface area contributed by atoms with Crippen LogP contribution in [0.3, 0.4) is 0 Å². The SMILES string of the molecule is COc1nc(Nc2nccc(-c3ccc(OC4CCN(C(=O)[C@@H](C)O)CC4(F)F)c(C#N)c3)n2)ccc1N1CCN(C2COC2)[C@H](C)C1. The quantitative estimate of drug-likeness (QED) is 0.346. The Hall–Kier alpha value is -4.65. The number of nitriles is 1. The number of rotatable bonds is 9. The number of ether oxygens (including phenoxy) is 3. The van der Waals surface area contributed by atoms with Gasteiger partial charge < -0.3 is 34.4 Å². The van der Waals surface area contributed by atoms with E-state index >= 15 is 0 Å². The molecule has 2 N–H and O–H groups in total. The summed E-state index contributed by atoms with van der Waals surface area (Å²) in [6.45, 7) is 6.77. The number of likely N-dealkylation sites (tertiary alicyclic amines) is 1. The van der Waals surface area contributed by atoms with Crippen molar-refractivity contribution in [2.45, 2.75) is 50.5 Å². The molecule has 2 aromatic heterocycles. The fourth-order valence-electron chi connectivity index (χ4n) is 6.29. The van der Waals surface area contributed by atoms with Gasteiger partial charge in [-0.3, -0.25) is 9.69 Å². The number of carbonyl (C=O) groups is 1. The number of aromatic nitrogens is 3. The van der Waals surface area contributed by atoms with E-state index in [9.17, 15) is 23.9 Å². The number of nitrogens with zero attached hydrogens (tertiary/aromatic N) is 7. The lowest BCUT2D eigenvalue weighted by atomic mass is 10.0. The predicted molar refractivity (Wildman–Crippen MR) is 171 cm³/mol. The molecule has 1 aromatic carbocycles. The van der Waals surface area contributed by atoms with Gasteiger partial charge in [0.05, 0.1) is 44.2 Å². The van der Waals surface area contributed by atoms with Crippen LogP contribution in [0.5, 0.6) is 11.6 Å². The summed E-state index contributed by atoms with van der Waals surface area (Å²) in [4.78, 5) is 31.3. The van der Waals surface area contributed by atoms with E-state index in [1.54, 1.807) is 25.4 Å². The first-order valence-corrected chi connectivity index (χ1v) is 15.9. The Morgan fingerprint density at radius 2 is 2.00 bits per heavy atom. The highest BCUT2D eigenvalue weighted by atomic mass is 19.3. The van der Waals surface area contributed by atoms with Gasteiger partial charge in [0.2, 0.25) is 11.8 Å². The van der Waals surface area contributed by atoms with Crippen molar-refractivity contribution in [1.29, 1.82) is 5.26 Å². The van der Waals surface area contributed by atoms with Crippen molar-refractivity contribution in [1.82, 2.24) is 24.8 Å². The van der Waals surface area contributed by atoms with E-state index in [-0.39, 0.29) is 30.2 Å². The van der Waals surface area contributed by atoms with Crippen LogP contribution in [0, 0.1) is 11.3 Å². The van der Waals surface area contributed by atoms with E-state index in [1.165, 1.54) is 19.1 Å². The molecule has 6 rings (SSSR count). The zero-order valence-corrected chi connectivity index (χ0v) is 27.0. The van der Waals surface area contributed by atoms with Gasteiger partial charge in [-0.05, 0) is 50.2 Å². The zero-order valence-electron chi connectivity index (χ0n) is 27.0. The number of piperidine rings is 1. The van der Waals surface area contributed by atoms with Crippen LogP contribution in [0.15, 0.2) is 42.6 Å². The van der Waals surface area contributed by atoms with Crippen LogP contribution in [0.4, 0.5) is 26.2 Å². The summed E-state index contributed by atoms with van der Waals surface area (Å²) in [5.41, 5.74) is 1.99. The monoisotopic (exact) mass is 664 g/mol. The molecule has 3 aliphatic heterocycles. The molecule has 3 aromatic rings. The third-order valence-electron chi connectivity index (χ3n) is 8.91. The fourth-order valence-corrected chi connectivity index (χ4v) is 6.29. The molecule has 5 heterocycles. The number of hydrogen-bond donors (Lipinski definition) is 2. The Kier molecular flexibility index (Phi) is 9.58. The number of carbonyl (C=O) groups excluding carboxylic acids is 1. The number of aliphatic hydroxyl groups is 1. The number of methoxy groups -OCH3 is 1. The summed E-state index contributed by atoms with van der Waals surface area (Å²) in [5, 5.41) is 22.5. The number of nitrogens with one attached hydrogen (secondary N) is 1. The van der Waals surface area contributed by atoms with Crippen LogP contribution in [0.1, 0.15) is 25.8 Å². The van der Waals surface area contributed by atoms with Gasteiger partial charge in [-0.15, -0.1) is 0 Å². The van der Waals surface area contributed by atoms with E-state index in [1.807, 2.05) is 18.2 Å². The fraction of sp³-hybridized carbons (Fsp3) is 0.485. The lowest BCUT2D eigenvalue weighted by molar-refractivity contribution is -0.165. The number of piperazine rings is 1. The average molecular weight is 665 g/mol. The molecule has 0 saturated carbocycles. The Bertz CT molecular complexity index is 1680. The molecule has 0 bridgehead atoms. The average Bonchev–Trinajstić information content (AvgIpc) is 3.05. The molecule has 1 amide bonds. The molecule has 0 radical (unpaired) electrons. The molecular weight excluding hydrogens is 626 g/mol. The highest BCUT2D eigenvalue weighted by Gasteiger charge is 2.48. The van der Waals surface area contributed by atoms with E-state index < -0.39 is 30.6 Å². The first-order chi connectivity index (χ1) is 23.1. The summed E-state index contributed by atoms with van der Waals surface area (Å²) in [6.07, 6.45) is -1.52.